The van der Waals surface area contributed by atoms with E-state index in [9.17, 15) is 9.90 Å². The van der Waals surface area contributed by atoms with Crippen LogP contribution in [0.5, 0.6) is 11.5 Å². The molecule has 0 radical (unpaired) electrons. The molecule has 1 aliphatic rings. The highest BCUT2D eigenvalue weighted by Crippen LogP contribution is 2.39. The number of fused-ring (bicyclic) bond motifs is 1. The van der Waals surface area contributed by atoms with E-state index in [0.29, 0.717) is 35.1 Å². The minimum atomic E-state index is -0.141. The normalized spacial score (nSPS) is 15.1. The van der Waals surface area contributed by atoms with Crippen LogP contribution in [-0.4, -0.2) is 25.0 Å². The second-order valence-corrected chi connectivity index (χ2v) is 7.08. The van der Waals surface area contributed by atoms with Crippen molar-refractivity contribution in [1.29, 1.82) is 0 Å². The predicted molar refractivity (Wildman–Crippen MR) is 98.1 cm³/mol. The molecule has 0 saturated heterocycles. The molecule has 0 bridgehead atoms. The van der Waals surface area contributed by atoms with Crippen LogP contribution < -0.4 is 9.64 Å². The lowest BCUT2D eigenvalue weighted by atomic mass is 10.0. The second-order valence-electron chi connectivity index (χ2n) is 7.08. The van der Waals surface area contributed by atoms with Crippen molar-refractivity contribution in [3.05, 3.63) is 64.4 Å². The lowest BCUT2D eigenvalue weighted by molar-refractivity contribution is -0.872. The van der Waals surface area contributed by atoms with E-state index in [1.54, 1.807) is 18.2 Å². The van der Waals surface area contributed by atoms with Gasteiger partial charge in [-0.2, -0.15) is 0 Å². The number of ketones is 1. The van der Waals surface area contributed by atoms with Crippen LogP contribution in [0, 0.1) is 0 Å². The standard InChI is InChI=1S/C21H23NO3/c1-13(2)15-7-5-14(6-8-15)11-19-20(24)16-9-10-18(23)17(12-22(3)4)21(16)25-19/h5-11,13,23H,12H2,1-4H3/p+1/b19-11-. The van der Waals surface area contributed by atoms with Crippen molar-refractivity contribution in [3.63, 3.8) is 0 Å². The van der Waals surface area contributed by atoms with Gasteiger partial charge in [-0.15, -0.1) is 0 Å². The zero-order valence-corrected chi connectivity index (χ0v) is 15.1. The fourth-order valence-electron chi connectivity index (χ4n) is 2.95. The average Bonchev–Trinajstić information content (AvgIpc) is 2.87. The van der Waals surface area contributed by atoms with Crippen molar-refractivity contribution < 1.29 is 19.5 Å². The lowest BCUT2D eigenvalue weighted by Crippen LogP contribution is -3.04. The van der Waals surface area contributed by atoms with Gasteiger partial charge in [-0.1, -0.05) is 38.1 Å². The Morgan fingerprint density at radius 2 is 1.80 bits per heavy atom. The smallest absolute Gasteiger partial charge is 0.231 e. The molecule has 2 N–H and O–H groups in total. The van der Waals surface area contributed by atoms with Crippen LogP contribution in [-0.2, 0) is 6.54 Å². The molecule has 3 rings (SSSR count). The Balaban J connectivity index is 1.94. The Morgan fingerprint density at radius 3 is 2.40 bits per heavy atom. The van der Waals surface area contributed by atoms with Gasteiger partial charge in [0.1, 0.15) is 12.3 Å². The highest BCUT2D eigenvalue weighted by molar-refractivity contribution is 6.14. The molecule has 0 fully saturated rings. The van der Waals surface area contributed by atoms with E-state index in [-0.39, 0.29) is 11.5 Å². The molecule has 1 aliphatic heterocycles. The van der Waals surface area contributed by atoms with Gasteiger partial charge in [-0.05, 0) is 35.3 Å². The molecule has 2 aromatic rings. The van der Waals surface area contributed by atoms with Crippen LogP contribution in [0.3, 0.4) is 0 Å². The van der Waals surface area contributed by atoms with Crippen LogP contribution in [0.15, 0.2) is 42.2 Å². The number of nitrogens with one attached hydrogen (secondary N) is 1. The molecule has 0 spiro atoms. The summed E-state index contributed by atoms with van der Waals surface area (Å²) in [6, 6.07) is 11.3. The maximum Gasteiger partial charge on any atom is 0.231 e. The van der Waals surface area contributed by atoms with Crippen LogP contribution in [0.1, 0.15) is 46.8 Å². The van der Waals surface area contributed by atoms with E-state index in [2.05, 4.69) is 26.0 Å². The van der Waals surface area contributed by atoms with E-state index in [4.69, 9.17) is 4.74 Å². The highest BCUT2D eigenvalue weighted by atomic mass is 16.5. The SMILES string of the molecule is CC(C)c1ccc(/C=C2\Oc3c(ccc(O)c3C[NH+](C)C)C2=O)cc1. The Morgan fingerprint density at radius 1 is 1.12 bits per heavy atom. The number of benzene rings is 2. The Kier molecular flexibility index (Phi) is 4.64. The zero-order chi connectivity index (χ0) is 18.1. The number of hydrogen-bond acceptors (Lipinski definition) is 3. The van der Waals surface area contributed by atoms with Crippen molar-refractivity contribution in [1.82, 2.24) is 0 Å². The van der Waals surface area contributed by atoms with Gasteiger partial charge in [0.25, 0.3) is 0 Å². The Labute approximate surface area is 148 Å². The molecular formula is C21H24NO3+. The third-order valence-electron chi connectivity index (χ3n) is 4.35. The van der Waals surface area contributed by atoms with Gasteiger partial charge in [0.15, 0.2) is 11.5 Å². The van der Waals surface area contributed by atoms with Crippen molar-refractivity contribution >= 4 is 11.9 Å². The zero-order valence-electron chi connectivity index (χ0n) is 15.1. The van der Waals surface area contributed by atoms with E-state index in [1.165, 1.54) is 5.56 Å². The molecule has 4 nitrogen and oxygen atoms in total. The maximum absolute atomic E-state index is 12.6. The number of allylic oxidation sites excluding steroid dienone is 1. The molecule has 2 aromatic carbocycles. The van der Waals surface area contributed by atoms with E-state index < -0.39 is 0 Å². The van der Waals surface area contributed by atoms with Crippen LogP contribution in [0.25, 0.3) is 6.08 Å². The first-order valence-electron chi connectivity index (χ1n) is 8.55. The third-order valence-corrected chi connectivity index (χ3v) is 4.35. The van der Waals surface area contributed by atoms with Crippen molar-refractivity contribution in [2.45, 2.75) is 26.3 Å². The van der Waals surface area contributed by atoms with Gasteiger partial charge in [0, 0.05) is 0 Å². The summed E-state index contributed by atoms with van der Waals surface area (Å²) in [5, 5.41) is 10.1. The largest absolute Gasteiger partial charge is 0.507 e. The third kappa shape index (κ3) is 3.44. The highest BCUT2D eigenvalue weighted by Gasteiger charge is 2.31. The maximum atomic E-state index is 12.6. The number of ether oxygens (including phenoxy) is 1. The number of rotatable bonds is 4. The number of hydrogen-bond donors (Lipinski definition) is 2. The summed E-state index contributed by atoms with van der Waals surface area (Å²) < 4.78 is 5.85. The topological polar surface area (TPSA) is 51.0 Å². The Hall–Kier alpha value is -2.59. The van der Waals surface area contributed by atoms with Gasteiger partial charge in [0.05, 0.1) is 25.2 Å². The average molecular weight is 338 g/mol. The first-order chi connectivity index (χ1) is 11.9. The molecule has 0 atom stereocenters. The first-order valence-corrected chi connectivity index (χ1v) is 8.55. The van der Waals surface area contributed by atoms with E-state index >= 15 is 0 Å². The van der Waals surface area contributed by atoms with Crippen molar-refractivity contribution in [3.8, 4) is 11.5 Å². The number of carbonyl (C=O) groups is 1. The summed E-state index contributed by atoms with van der Waals surface area (Å²) in [6.07, 6.45) is 1.76. The molecule has 25 heavy (non-hydrogen) atoms. The number of phenols is 1. The van der Waals surface area contributed by atoms with Crippen LogP contribution in [0.4, 0.5) is 0 Å². The number of aromatic hydroxyl groups is 1. The summed E-state index contributed by atoms with van der Waals surface area (Å²) in [7, 11) is 3.98. The lowest BCUT2D eigenvalue weighted by Gasteiger charge is -2.12. The summed E-state index contributed by atoms with van der Waals surface area (Å²) >= 11 is 0. The van der Waals surface area contributed by atoms with Crippen LogP contribution >= 0.6 is 0 Å². The summed E-state index contributed by atoms with van der Waals surface area (Å²) in [5.41, 5.74) is 3.36. The minimum Gasteiger partial charge on any atom is -0.507 e. The summed E-state index contributed by atoms with van der Waals surface area (Å²) in [6.45, 7) is 4.88. The fourth-order valence-corrected chi connectivity index (χ4v) is 2.95. The summed E-state index contributed by atoms with van der Waals surface area (Å²) in [4.78, 5) is 13.8. The van der Waals surface area contributed by atoms with Gasteiger partial charge < -0.3 is 14.7 Å². The first kappa shape index (κ1) is 17.2. The quantitative estimate of drug-likeness (QED) is 0.843. The monoisotopic (exact) mass is 338 g/mol. The van der Waals surface area contributed by atoms with Gasteiger partial charge in [0.2, 0.25) is 5.78 Å². The number of carbonyl (C=O) groups excluding carboxylic acids is 1. The fraction of sp³-hybridized carbons (Fsp3) is 0.286. The van der Waals surface area contributed by atoms with Crippen molar-refractivity contribution in [2.75, 3.05) is 14.1 Å². The molecule has 0 unspecified atom stereocenters. The van der Waals surface area contributed by atoms with Crippen molar-refractivity contribution in [2.24, 2.45) is 0 Å². The number of Topliss-reactive ketones (excluding diaryl/α,β-unsaturated/α-hetero) is 1. The van der Waals surface area contributed by atoms with E-state index in [0.717, 1.165) is 10.5 Å². The Bertz CT molecular complexity index is 833. The van der Waals surface area contributed by atoms with Gasteiger partial charge in [-0.25, -0.2) is 0 Å². The minimum absolute atomic E-state index is 0.141. The predicted octanol–water partition coefficient (Wildman–Crippen LogP) is 2.78. The molecule has 1 heterocycles. The molecule has 130 valence electrons. The molecular weight excluding hydrogens is 314 g/mol. The molecule has 4 heteroatoms. The van der Waals surface area contributed by atoms with E-state index in [1.807, 2.05) is 26.2 Å². The van der Waals surface area contributed by atoms with Gasteiger partial charge in [-0.3, -0.25) is 4.79 Å². The molecule has 0 aliphatic carbocycles. The summed E-state index contributed by atoms with van der Waals surface area (Å²) in [5.74, 6) is 1.27. The molecule has 0 amide bonds. The second kappa shape index (κ2) is 6.73. The van der Waals surface area contributed by atoms with Gasteiger partial charge >= 0.3 is 0 Å². The number of phenolic OH excluding ortho intramolecular Hbond substituents is 1. The molecule has 0 aromatic heterocycles. The number of quaternary nitrogens is 1. The van der Waals surface area contributed by atoms with Crippen LogP contribution in [0.2, 0.25) is 0 Å². The molecule has 0 saturated carbocycles.